The Kier molecular flexibility index (Phi) is 5.19. The Morgan fingerprint density at radius 1 is 0.422 bits per heavy atom. The Balaban J connectivity index is 1.18. The van der Waals surface area contributed by atoms with E-state index in [1.165, 1.54) is 53.1 Å². The van der Waals surface area contributed by atoms with E-state index < -0.39 is 0 Å². The van der Waals surface area contributed by atoms with Crippen LogP contribution in [0.2, 0.25) is 0 Å². The van der Waals surface area contributed by atoms with E-state index in [0.29, 0.717) is 0 Å². The molecule has 0 amide bonds. The van der Waals surface area contributed by atoms with Gasteiger partial charge in [0.25, 0.3) is 0 Å². The van der Waals surface area contributed by atoms with Gasteiger partial charge in [-0.05, 0) is 47.0 Å². The fourth-order valence-corrected chi connectivity index (χ4v) is 8.59. The quantitative estimate of drug-likeness (QED) is 0.200. The zero-order valence-electron chi connectivity index (χ0n) is 24.2. The van der Waals surface area contributed by atoms with Crippen LogP contribution in [-0.4, -0.2) is 4.57 Å². The van der Waals surface area contributed by atoms with Crippen molar-refractivity contribution < 1.29 is 4.42 Å². The maximum atomic E-state index is 6.35. The van der Waals surface area contributed by atoms with Gasteiger partial charge in [0.15, 0.2) is 0 Å². The molecule has 45 heavy (non-hydrogen) atoms. The molecule has 210 valence electrons. The molecule has 0 aliphatic carbocycles. The average Bonchev–Trinajstić information content (AvgIpc) is 3.78. The topological polar surface area (TPSA) is 18.1 Å². The van der Waals surface area contributed by atoms with Crippen molar-refractivity contribution in [2.24, 2.45) is 0 Å². The number of hydrogen-bond donors (Lipinski definition) is 0. The molecule has 10 aromatic rings. The fraction of sp³-hybridized carbons (Fsp3) is 0. The lowest BCUT2D eigenvalue weighted by atomic mass is 10.0. The molecule has 0 radical (unpaired) electrons. The minimum absolute atomic E-state index is 0.922. The zero-order chi connectivity index (χ0) is 29.5. The lowest BCUT2D eigenvalue weighted by Gasteiger charge is -2.10. The molecule has 0 N–H and O–H groups in total. The van der Waals surface area contributed by atoms with Crippen LogP contribution >= 0.6 is 11.3 Å². The van der Waals surface area contributed by atoms with E-state index in [4.69, 9.17) is 4.42 Å². The molecular weight excluding hydrogens is 567 g/mol. The standard InChI is InChI=1S/C42H25NOS/c1-2-10-26(11-3-1)30-15-9-17-33-34-24-25-37-39(42(34)45-41(30)33)35-13-4-6-18-36(35)43(37)28-22-20-27(21-23-28)29-14-8-16-32-31-12-5-7-19-38(31)44-40(29)32/h1-25H. The molecule has 0 atom stereocenters. The molecule has 3 aromatic heterocycles. The van der Waals surface area contributed by atoms with Gasteiger partial charge in [0.05, 0.1) is 11.0 Å². The summed E-state index contributed by atoms with van der Waals surface area (Å²) in [5.74, 6) is 0. The first-order valence-corrected chi connectivity index (χ1v) is 16.1. The molecule has 0 aliphatic rings. The van der Waals surface area contributed by atoms with Gasteiger partial charge in [-0.3, -0.25) is 0 Å². The molecule has 10 rings (SSSR count). The zero-order valence-corrected chi connectivity index (χ0v) is 25.0. The Morgan fingerprint density at radius 2 is 1.09 bits per heavy atom. The third-order valence-corrected chi connectivity index (χ3v) is 10.5. The van der Waals surface area contributed by atoms with E-state index in [2.05, 4.69) is 144 Å². The number of nitrogens with zero attached hydrogens (tertiary/aromatic N) is 1. The summed E-state index contributed by atoms with van der Waals surface area (Å²) < 4.78 is 11.5. The second kappa shape index (κ2) is 9.43. The highest BCUT2D eigenvalue weighted by Crippen LogP contribution is 2.46. The minimum atomic E-state index is 0.922. The maximum Gasteiger partial charge on any atom is 0.143 e. The van der Waals surface area contributed by atoms with Crippen molar-refractivity contribution in [2.75, 3.05) is 0 Å². The Hall–Kier alpha value is -5.64. The van der Waals surface area contributed by atoms with E-state index in [1.54, 1.807) is 0 Å². The molecule has 0 bridgehead atoms. The van der Waals surface area contributed by atoms with Crippen LogP contribution < -0.4 is 0 Å². The van der Waals surface area contributed by atoms with Crippen molar-refractivity contribution in [3.8, 4) is 27.9 Å². The molecule has 3 heteroatoms. The van der Waals surface area contributed by atoms with Gasteiger partial charge in [-0.15, -0.1) is 11.3 Å². The minimum Gasteiger partial charge on any atom is -0.455 e. The Labute approximate surface area is 263 Å². The number of hydrogen-bond acceptors (Lipinski definition) is 2. The van der Waals surface area contributed by atoms with E-state index in [9.17, 15) is 0 Å². The number of rotatable bonds is 3. The maximum absolute atomic E-state index is 6.35. The summed E-state index contributed by atoms with van der Waals surface area (Å²) >= 11 is 1.91. The molecule has 0 unspecified atom stereocenters. The second-order valence-corrected chi connectivity index (χ2v) is 12.7. The van der Waals surface area contributed by atoms with Gasteiger partial charge < -0.3 is 8.98 Å². The third kappa shape index (κ3) is 3.56. The van der Waals surface area contributed by atoms with Crippen molar-refractivity contribution in [3.63, 3.8) is 0 Å². The summed E-state index contributed by atoms with van der Waals surface area (Å²) in [6.07, 6.45) is 0. The largest absolute Gasteiger partial charge is 0.455 e. The highest BCUT2D eigenvalue weighted by molar-refractivity contribution is 7.27. The number of thiophene rings is 1. The lowest BCUT2D eigenvalue weighted by molar-refractivity contribution is 0.670. The van der Waals surface area contributed by atoms with Crippen LogP contribution in [0.1, 0.15) is 0 Å². The molecule has 2 nitrogen and oxygen atoms in total. The first-order valence-electron chi connectivity index (χ1n) is 15.3. The normalized spacial score (nSPS) is 12.0. The van der Waals surface area contributed by atoms with Crippen LogP contribution in [-0.2, 0) is 0 Å². The Morgan fingerprint density at radius 3 is 1.96 bits per heavy atom. The summed E-state index contributed by atoms with van der Waals surface area (Å²) in [5, 5.41) is 7.54. The molecule has 7 aromatic carbocycles. The van der Waals surface area contributed by atoms with Crippen molar-refractivity contribution in [2.45, 2.75) is 0 Å². The Bertz CT molecular complexity index is 2740. The summed E-state index contributed by atoms with van der Waals surface area (Å²) in [4.78, 5) is 0. The number of para-hydroxylation sites is 3. The second-order valence-electron chi connectivity index (χ2n) is 11.7. The average molecular weight is 592 g/mol. The van der Waals surface area contributed by atoms with Crippen LogP contribution in [0.4, 0.5) is 0 Å². The van der Waals surface area contributed by atoms with E-state index in [0.717, 1.165) is 38.8 Å². The van der Waals surface area contributed by atoms with Gasteiger partial charge in [-0.1, -0.05) is 121 Å². The van der Waals surface area contributed by atoms with E-state index in [1.807, 2.05) is 23.5 Å². The number of fused-ring (bicyclic) bond motifs is 10. The van der Waals surface area contributed by atoms with Crippen molar-refractivity contribution in [3.05, 3.63) is 152 Å². The van der Waals surface area contributed by atoms with Crippen molar-refractivity contribution in [1.29, 1.82) is 0 Å². The van der Waals surface area contributed by atoms with Gasteiger partial charge in [0, 0.05) is 53.0 Å². The SMILES string of the molecule is c1ccc(-c2cccc3c2sc2c3ccc3c2c2ccccc2n3-c2ccc(-c3cccc4c3oc3ccccc34)cc2)cc1. The number of benzene rings is 7. The smallest absolute Gasteiger partial charge is 0.143 e. The third-order valence-electron chi connectivity index (χ3n) is 9.23. The van der Waals surface area contributed by atoms with Crippen LogP contribution in [0, 0.1) is 0 Å². The lowest BCUT2D eigenvalue weighted by Crippen LogP contribution is -1.93. The molecule has 3 heterocycles. The predicted octanol–water partition coefficient (Wildman–Crippen LogP) is 12.4. The predicted molar refractivity (Wildman–Crippen MR) is 192 cm³/mol. The molecule has 0 fully saturated rings. The van der Waals surface area contributed by atoms with Crippen molar-refractivity contribution in [1.82, 2.24) is 4.57 Å². The molecular formula is C42H25NOS. The van der Waals surface area contributed by atoms with E-state index in [-0.39, 0.29) is 0 Å². The summed E-state index contributed by atoms with van der Waals surface area (Å²) in [6, 6.07) is 54.5. The van der Waals surface area contributed by atoms with Gasteiger partial charge in [-0.25, -0.2) is 0 Å². The van der Waals surface area contributed by atoms with Crippen LogP contribution in [0.15, 0.2) is 156 Å². The summed E-state index contributed by atoms with van der Waals surface area (Å²) in [7, 11) is 0. The van der Waals surface area contributed by atoms with Crippen molar-refractivity contribution >= 4 is 75.3 Å². The summed E-state index contributed by atoms with van der Waals surface area (Å²) in [5.41, 5.74) is 10.2. The highest BCUT2D eigenvalue weighted by Gasteiger charge is 2.19. The van der Waals surface area contributed by atoms with Crippen LogP contribution in [0.3, 0.4) is 0 Å². The molecule has 0 saturated carbocycles. The highest BCUT2D eigenvalue weighted by atomic mass is 32.1. The van der Waals surface area contributed by atoms with Crippen LogP contribution in [0.25, 0.3) is 91.9 Å². The number of aromatic nitrogens is 1. The van der Waals surface area contributed by atoms with Gasteiger partial charge in [-0.2, -0.15) is 0 Å². The van der Waals surface area contributed by atoms with E-state index >= 15 is 0 Å². The summed E-state index contributed by atoms with van der Waals surface area (Å²) in [6.45, 7) is 0. The molecule has 0 saturated heterocycles. The monoisotopic (exact) mass is 591 g/mol. The van der Waals surface area contributed by atoms with Gasteiger partial charge in [0.1, 0.15) is 11.2 Å². The first-order chi connectivity index (χ1) is 22.3. The van der Waals surface area contributed by atoms with Gasteiger partial charge >= 0.3 is 0 Å². The fourth-order valence-electron chi connectivity index (χ4n) is 7.20. The first kappa shape index (κ1) is 24.8. The molecule has 0 aliphatic heterocycles. The number of furan rings is 1. The van der Waals surface area contributed by atoms with Crippen LogP contribution in [0.5, 0.6) is 0 Å². The molecule has 0 spiro atoms. The van der Waals surface area contributed by atoms with Gasteiger partial charge in [0.2, 0.25) is 0 Å².